The van der Waals surface area contributed by atoms with E-state index in [1.165, 1.54) is 19.4 Å². The Morgan fingerprint density at radius 3 is 2.49 bits per heavy atom. The van der Waals surface area contributed by atoms with Crippen molar-refractivity contribution in [1.82, 2.24) is 0 Å². The number of rotatable bonds is 4. The first-order valence-electron chi connectivity index (χ1n) is 13.0. The van der Waals surface area contributed by atoms with Gasteiger partial charge >= 0.3 is 11.9 Å². The van der Waals surface area contributed by atoms with Crippen LogP contribution in [0.25, 0.3) is 0 Å². The van der Waals surface area contributed by atoms with E-state index in [0.29, 0.717) is 11.8 Å². The highest BCUT2D eigenvalue weighted by Gasteiger charge is 2.75. The van der Waals surface area contributed by atoms with Gasteiger partial charge in [-0.2, -0.15) is 0 Å². The van der Waals surface area contributed by atoms with Gasteiger partial charge in [-0.1, -0.05) is 19.9 Å². The van der Waals surface area contributed by atoms with Gasteiger partial charge in [0, 0.05) is 25.7 Å². The van der Waals surface area contributed by atoms with Crippen LogP contribution in [0.4, 0.5) is 0 Å². The largest absolute Gasteiger partial charge is 0.458 e. The first-order valence-corrected chi connectivity index (χ1v) is 13.0. The predicted octanol–water partition coefficient (Wildman–Crippen LogP) is 4.64. The Kier molecular flexibility index (Phi) is 5.65. The number of Topliss-reactive ketones (excluding diaryl/α,β-unsaturated/α-hetero) is 1. The molecule has 0 bridgehead atoms. The van der Waals surface area contributed by atoms with Gasteiger partial charge in [-0.3, -0.25) is 14.4 Å². The van der Waals surface area contributed by atoms with Gasteiger partial charge < -0.3 is 18.9 Å². The highest BCUT2D eigenvalue weighted by Crippen LogP contribution is 2.70. The molecule has 0 radical (unpaired) electrons. The van der Waals surface area contributed by atoms with E-state index in [4.69, 9.17) is 18.9 Å². The first-order chi connectivity index (χ1) is 16.3. The average molecular weight is 487 g/mol. The van der Waals surface area contributed by atoms with Crippen LogP contribution in [-0.2, 0) is 33.3 Å². The summed E-state index contributed by atoms with van der Waals surface area (Å²) in [5, 5.41) is 0. The minimum absolute atomic E-state index is 0.0154. The second-order valence-corrected chi connectivity index (χ2v) is 12.1. The molecule has 0 spiro atoms. The third-order valence-electron chi connectivity index (χ3n) is 9.82. The summed E-state index contributed by atoms with van der Waals surface area (Å²) in [5.41, 5.74) is -0.223. The molecule has 35 heavy (non-hydrogen) atoms. The third-order valence-corrected chi connectivity index (χ3v) is 9.82. The molecule has 2 saturated carbocycles. The molecule has 3 fully saturated rings. The van der Waals surface area contributed by atoms with E-state index < -0.39 is 22.8 Å². The number of hydrogen-bond donors (Lipinski definition) is 0. The molecule has 0 N–H and O–H groups in total. The molecule has 7 atom stereocenters. The lowest BCUT2D eigenvalue weighted by Gasteiger charge is -2.58. The number of fused-ring (bicyclic) bond motifs is 7. The van der Waals surface area contributed by atoms with Gasteiger partial charge in [0.15, 0.2) is 18.0 Å². The highest BCUT2D eigenvalue weighted by molar-refractivity contribution is 5.92. The molecule has 1 heterocycles. The summed E-state index contributed by atoms with van der Waals surface area (Å²) < 4.78 is 23.5. The van der Waals surface area contributed by atoms with Crippen molar-refractivity contribution in [2.24, 2.45) is 28.6 Å². The van der Waals surface area contributed by atoms with Crippen molar-refractivity contribution in [3.63, 3.8) is 0 Å². The molecule has 5 rings (SSSR count). The molecule has 7 nitrogen and oxygen atoms in total. The summed E-state index contributed by atoms with van der Waals surface area (Å²) in [5.74, 6) is 0.113. The number of ketones is 1. The van der Waals surface area contributed by atoms with Gasteiger partial charge in [-0.15, -0.1) is 0 Å². The number of ether oxygens (including phenoxy) is 4. The van der Waals surface area contributed by atoms with E-state index >= 15 is 0 Å². The predicted molar refractivity (Wildman–Crippen MR) is 127 cm³/mol. The molecule has 5 aliphatic rings. The number of hydrogen-bond acceptors (Lipinski definition) is 7. The van der Waals surface area contributed by atoms with Crippen molar-refractivity contribution in [3.05, 3.63) is 23.5 Å². The lowest BCUT2D eigenvalue weighted by molar-refractivity contribution is -0.215. The van der Waals surface area contributed by atoms with Crippen molar-refractivity contribution in [1.29, 1.82) is 0 Å². The quantitative estimate of drug-likeness (QED) is 0.535. The van der Waals surface area contributed by atoms with Crippen molar-refractivity contribution < 1.29 is 33.3 Å². The number of carbonyl (C=O) groups excluding carboxylic acids is 3. The fraction of sp³-hybridized carbons (Fsp3) is 0.750. The van der Waals surface area contributed by atoms with E-state index in [0.717, 1.165) is 44.3 Å². The number of esters is 2. The maximum absolute atomic E-state index is 13.7. The Morgan fingerprint density at radius 1 is 1.06 bits per heavy atom. The normalized spacial score (nSPS) is 43.0. The van der Waals surface area contributed by atoms with Crippen LogP contribution in [0.1, 0.15) is 80.1 Å². The fourth-order valence-electron chi connectivity index (χ4n) is 8.44. The summed E-state index contributed by atoms with van der Waals surface area (Å²) in [6.45, 7) is 10.8. The van der Waals surface area contributed by atoms with Crippen LogP contribution in [0.5, 0.6) is 0 Å². The molecule has 0 aromatic rings. The van der Waals surface area contributed by atoms with E-state index in [1.54, 1.807) is 0 Å². The second kappa shape index (κ2) is 8.01. The first kappa shape index (κ1) is 24.7. The summed E-state index contributed by atoms with van der Waals surface area (Å²) in [7, 11) is 0. The lowest BCUT2D eigenvalue weighted by Crippen LogP contribution is -2.61. The molecule has 0 aromatic heterocycles. The molecular formula is C28H38O7. The van der Waals surface area contributed by atoms with Crippen LogP contribution < -0.4 is 0 Å². The van der Waals surface area contributed by atoms with Crippen LogP contribution in [-0.4, -0.2) is 41.8 Å². The number of allylic oxidation sites excluding steroid dienone is 4. The van der Waals surface area contributed by atoms with Gasteiger partial charge in [0.2, 0.25) is 5.78 Å². The van der Waals surface area contributed by atoms with E-state index in [2.05, 4.69) is 26.0 Å². The summed E-state index contributed by atoms with van der Waals surface area (Å²) in [6.07, 6.45) is 9.28. The van der Waals surface area contributed by atoms with Crippen LogP contribution in [0, 0.1) is 28.6 Å². The van der Waals surface area contributed by atoms with E-state index in [-0.39, 0.29) is 35.8 Å². The summed E-state index contributed by atoms with van der Waals surface area (Å²) in [6, 6.07) is 0. The molecule has 4 aliphatic carbocycles. The standard InChI is InChI=1S/C28H38O7/c1-16(29)32-15-23(31)28-24(34-25(3,4)35-28)14-22-20-8-7-18-13-19(33-17(2)30)9-11-26(18,5)21(20)10-12-27(22,28)6/h7,13,20-22,24H,8-12,14-15H2,1-6H3/t20-,21+,22+,24?,26+,27+,28-/m1/s1. The van der Waals surface area contributed by atoms with Crippen LogP contribution in [0.3, 0.4) is 0 Å². The van der Waals surface area contributed by atoms with Gasteiger partial charge in [0.1, 0.15) is 5.76 Å². The smallest absolute Gasteiger partial charge is 0.307 e. The Hall–Kier alpha value is -1.99. The molecule has 1 unspecified atom stereocenters. The average Bonchev–Trinajstić information content (AvgIpc) is 3.17. The van der Waals surface area contributed by atoms with Crippen molar-refractivity contribution in [2.75, 3.05) is 6.61 Å². The molecule has 0 amide bonds. The molecule has 1 saturated heterocycles. The Labute approximate surface area is 207 Å². The Bertz CT molecular complexity index is 1020. The molecule has 7 heteroatoms. The topological polar surface area (TPSA) is 88.1 Å². The number of carbonyl (C=O) groups is 3. The van der Waals surface area contributed by atoms with Crippen molar-refractivity contribution >= 4 is 17.7 Å². The van der Waals surface area contributed by atoms with Crippen LogP contribution in [0.15, 0.2) is 23.5 Å². The van der Waals surface area contributed by atoms with Gasteiger partial charge in [-0.25, -0.2) is 0 Å². The summed E-state index contributed by atoms with van der Waals surface area (Å²) in [4.78, 5) is 36.7. The maximum Gasteiger partial charge on any atom is 0.307 e. The van der Waals surface area contributed by atoms with Crippen LogP contribution >= 0.6 is 0 Å². The molecule has 192 valence electrons. The molecule has 1 aliphatic heterocycles. The van der Waals surface area contributed by atoms with Crippen LogP contribution in [0.2, 0.25) is 0 Å². The van der Waals surface area contributed by atoms with E-state index in [9.17, 15) is 14.4 Å². The fourth-order valence-corrected chi connectivity index (χ4v) is 8.44. The minimum atomic E-state index is -1.11. The third kappa shape index (κ3) is 3.56. The summed E-state index contributed by atoms with van der Waals surface area (Å²) >= 11 is 0. The zero-order valence-electron chi connectivity index (χ0n) is 21.8. The maximum atomic E-state index is 13.7. The van der Waals surface area contributed by atoms with Crippen molar-refractivity contribution in [3.8, 4) is 0 Å². The van der Waals surface area contributed by atoms with Gasteiger partial charge in [0.25, 0.3) is 0 Å². The Balaban J connectivity index is 1.49. The Morgan fingerprint density at radius 2 is 1.80 bits per heavy atom. The zero-order chi connectivity index (χ0) is 25.4. The van der Waals surface area contributed by atoms with Crippen molar-refractivity contribution in [2.45, 2.75) is 97.6 Å². The highest BCUT2D eigenvalue weighted by atomic mass is 16.8. The molecule has 0 aromatic carbocycles. The van der Waals surface area contributed by atoms with Gasteiger partial charge in [-0.05, 0) is 80.8 Å². The van der Waals surface area contributed by atoms with E-state index in [1.807, 2.05) is 13.8 Å². The van der Waals surface area contributed by atoms with Gasteiger partial charge in [0.05, 0.1) is 6.10 Å². The SMILES string of the molecule is CC(=O)OCC(=O)[C@@]12OC(C)(C)OC1C[C@H]1[C@@H]3CC=C4C=C(OC(C)=O)CC[C@]4(C)[C@H]3CC[C@@]12C. The lowest BCUT2D eigenvalue weighted by atomic mass is 9.47. The monoisotopic (exact) mass is 486 g/mol. The molecular weight excluding hydrogens is 448 g/mol. The zero-order valence-corrected chi connectivity index (χ0v) is 21.8. The minimum Gasteiger partial charge on any atom is -0.458 e. The second-order valence-electron chi connectivity index (χ2n) is 12.1.